The van der Waals surface area contributed by atoms with Crippen LogP contribution in [0.2, 0.25) is 0 Å². The van der Waals surface area contributed by atoms with E-state index in [9.17, 15) is 26.7 Å². The molecular weight excluding hydrogens is 551 g/mol. The second-order valence-electron chi connectivity index (χ2n) is 10.4. The summed E-state index contributed by atoms with van der Waals surface area (Å²) in [5.74, 6) is -0.718. The fraction of sp³-hybridized carbons (Fsp3) is 0.538. The van der Waals surface area contributed by atoms with Crippen LogP contribution in [0, 0.1) is 5.92 Å². The lowest BCUT2D eigenvalue weighted by Gasteiger charge is -2.34. The maximum Gasteiger partial charge on any atom is 0.406 e. The van der Waals surface area contributed by atoms with Gasteiger partial charge in [0.05, 0.1) is 11.7 Å². The number of piperazine rings is 1. The van der Waals surface area contributed by atoms with Crippen molar-refractivity contribution in [2.45, 2.75) is 44.3 Å². The molecule has 1 aliphatic heterocycles. The molecule has 0 unspecified atom stereocenters. The normalized spacial score (nSPS) is 20.4. The van der Waals surface area contributed by atoms with Gasteiger partial charge in [-0.1, -0.05) is 0 Å². The van der Waals surface area contributed by atoms with E-state index >= 15 is 0 Å². The molecule has 3 aromatic heterocycles. The molecule has 4 heterocycles. The second kappa shape index (κ2) is 12.1. The van der Waals surface area contributed by atoms with Crippen molar-refractivity contribution in [2.24, 2.45) is 11.7 Å². The third-order valence-electron chi connectivity index (χ3n) is 7.52. The van der Waals surface area contributed by atoms with E-state index in [-0.39, 0.29) is 34.7 Å². The quantitative estimate of drug-likeness (QED) is 0.359. The zero-order valence-corrected chi connectivity index (χ0v) is 22.2. The second-order valence-corrected chi connectivity index (χ2v) is 10.4. The number of oxazole rings is 1. The van der Waals surface area contributed by atoms with Crippen LogP contribution in [0.4, 0.5) is 33.5 Å². The summed E-state index contributed by atoms with van der Waals surface area (Å²) in [5.41, 5.74) is 4.07. The van der Waals surface area contributed by atoms with Crippen LogP contribution in [0.5, 0.6) is 0 Å². The molecule has 0 radical (unpaired) electrons. The summed E-state index contributed by atoms with van der Waals surface area (Å²) in [5, 5.41) is 7.41. The number of carbonyl (C=O) groups excluding carboxylic acids is 1. The summed E-state index contributed by atoms with van der Waals surface area (Å²) in [7, 11) is 0. The van der Waals surface area contributed by atoms with Crippen LogP contribution in [0.3, 0.4) is 0 Å². The maximum absolute atomic E-state index is 14.2. The molecule has 2 aliphatic rings. The van der Waals surface area contributed by atoms with Crippen LogP contribution < -0.4 is 16.0 Å². The minimum Gasteiger partial charge on any atom is -0.444 e. The van der Waals surface area contributed by atoms with Crippen molar-refractivity contribution in [1.82, 2.24) is 30.0 Å². The maximum atomic E-state index is 14.2. The first-order valence-corrected chi connectivity index (χ1v) is 13.4. The summed E-state index contributed by atoms with van der Waals surface area (Å²) in [6.45, 7) is 3.30. The lowest BCUT2D eigenvalue weighted by Crippen LogP contribution is -2.45. The number of nitrogens with two attached hydrogens (primary N) is 1. The van der Waals surface area contributed by atoms with E-state index in [2.05, 4.69) is 25.3 Å². The molecule has 3 N–H and O–H groups in total. The van der Waals surface area contributed by atoms with Crippen LogP contribution in [-0.4, -0.2) is 76.0 Å². The number of hydrogen-bond donors (Lipinski definition) is 2. The number of amides is 1. The molecule has 10 nitrogen and oxygen atoms in total. The topological polar surface area (TPSA) is 118 Å². The first kappa shape index (κ1) is 28.9. The average Bonchev–Trinajstić information content (AvgIpc) is 3.61. The van der Waals surface area contributed by atoms with Crippen LogP contribution in [-0.2, 0) is 0 Å². The molecule has 41 heavy (non-hydrogen) atoms. The van der Waals surface area contributed by atoms with Gasteiger partial charge in [0.2, 0.25) is 5.89 Å². The van der Waals surface area contributed by atoms with Crippen molar-refractivity contribution in [1.29, 1.82) is 0 Å². The molecule has 0 atom stereocenters. The third kappa shape index (κ3) is 7.01. The summed E-state index contributed by atoms with van der Waals surface area (Å²) < 4.78 is 76.2. The molecule has 5 rings (SSSR count). The molecular formula is C26H31F5N8O2. The minimum absolute atomic E-state index is 0.0863. The van der Waals surface area contributed by atoms with Gasteiger partial charge in [0.15, 0.2) is 11.4 Å². The number of anilines is 2. The number of aromatic nitrogens is 4. The summed E-state index contributed by atoms with van der Waals surface area (Å²) in [4.78, 5) is 22.4. The van der Waals surface area contributed by atoms with Crippen molar-refractivity contribution in [3.63, 3.8) is 0 Å². The number of rotatable bonds is 9. The number of alkyl halides is 5. The number of carbonyl (C=O) groups is 1. The van der Waals surface area contributed by atoms with Crippen LogP contribution in [0.15, 0.2) is 35.2 Å². The molecule has 0 bridgehead atoms. The van der Waals surface area contributed by atoms with Crippen molar-refractivity contribution in [2.75, 3.05) is 44.2 Å². The predicted octanol–water partition coefficient (Wildman–Crippen LogP) is 4.31. The molecule has 15 heteroatoms. The largest absolute Gasteiger partial charge is 0.444 e. The van der Waals surface area contributed by atoms with Gasteiger partial charge in [-0.25, -0.2) is 18.7 Å². The number of hydrogen-bond acceptors (Lipinski definition) is 8. The lowest BCUT2D eigenvalue weighted by atomic mass is 9.85. The Morgan fingerprint density at radius 1 is 1.20 bits per heavy atom. The van der Waals surface area contributed by atoms with E-state index in [1.807, 2.05) is 0 Å². The highest BCUT2D eigenvalue weighted by Crippen LogP contribution is 2.39. The smallest absolute Gasteiger partial charge is 0.406 e. The molecule has 3 aromatic rings. The first-order valence-electron chi connectivity index (χ1n) is 13.4. The molecule has 0 aromatic carbocycles. The van der Waals surface area contributed by atoms with E-state index in [1.165, 1.54) is 29.2 Å². The number of halogens is 5. The van der Waals surface area contributed by atoms with Crippen molar-refractivity contribution >= 4 is 17.4 Å². The number of nitrogens with zero attached hydrogens (tertiary/aromatic N) is 6. The number of pyridine rings is 1. The number of nitrogens with one attached hydrogen (secondary N) is 1. The Morgan fingerprint density at radius 3 is 2.56 bits per heavy atom. The molecule has 1 aliphatic carbocycles. The Morgan fingerprint density at radius 2 is 1.93 bits per heavy atom. The van der Waals surface area contributed by atoms with Gasteiger partial charge in [-0.15, -0.1) is 0 Å². The van der Waals surface area contributed by atoms with Crippen LogP contribution in [0.25, 0.3) is 11.5 Å². The fourth-order valence-corrected chi connectivity index (χ4v) is 5.48. The third-order valence-corrected chi connectivity index (χ3v) is 7.52. The molecule has 2 fully saturated rings. The highest BCUT2D eigenvalue weighted by atomic mass is 19.4. The van der Waals surface area contributed by atoms with Gasteiger partial charge in [-0.05, 0) is 43.7 Å². The zero-order valence-electron chi connectivity index (χ0n) is 22.2. The summed E-state index contributed by atoms with van der Waals surface area (Å²) in [6, 6.07) is 2.42. The van der Waals surface area contributed by atoms with Crippen molar-refractivity contribution in [3.8, 4) is 11.5 Å². The Hall–Kier alpha value is -3.59. The zero-order chi connectivity index (χ0) is 29.1. The van der Waals surface area contributed by atoms with E-state index in [4.69, 9.17) is 10.2 Å². The monoisotopic (exact) mass is 582 g/mol. The predicted molar refractivity (Wildman–Crippen MR) is 139 cm³/mol. The van der Waals surface area contributed by atoms with Gasteiger partial charge in [0.25, 0.3) is 12.3 Å². The van der Waals surface area contributed by atoms with E-state index in [0.29, 0.717) is 23.7 Å². The highest BCUT2D eigenvalue weighted by Gasteiger charge is 2.36. The van der Waals surface area contributed by atoms with Crippen LogP contribution >= 0.6 is 0 Å². The highest BCUT2D eigenvalue weighted by molar-refractivity contribution is 5.90. The van der Waals surface area contributed by atoms with E-state index < -0.39 is 30.7 Å². The van der Waals surface area contributed by atoms with E-state index in [1.54, 1.807) is 0 Å². The summed E-state index contributed by atoms with van der Waals surface area (Å²) >= 11 is 0. The fourth-order valence-electron chi connectivity index (χ4n) is 5.48. The molecule has 222 valence electrons. The Labute approximate surface area is 232 Å². The molecule has 1 amide bonds. The Balaban J connectivity index is 1.40. The average molecular weight is 583 g/mol. The van der Waals surface area contributed by atoms with Gasteiger partial charge in [0.1, 0.15) is 18.6 Å². The Kier molecular flexibility index (Phi) is 8.54. The van der Waals surface area contributed by atoms with Gasteiger partial charge in [0, 0.05) is 50.7 Å². The van der Waals surface area contributed by atoms with Crippen LogP contribution in [0.1, 0.15) is 54.3 Å². The summed E-state index contributed by atoms with van der Waals surface area (Å²) in [6.07, 6.45) is -1.22. The SMILES string of the molecule is NC(=O)c1coc(-c2ccnc(N(CC(F)(F)F)c3cn(C4CCC(CN5CCNCC5)CC4)nc3C(F)F)c2)n1. The van der Waals surface area contributed by atoms with Gasteiger partial charge >= 0.3 is 6.18 Å². The molecule has 1 saturated carbocycles. The number of primary amides is 1. The molecule has 0 spiro atoms. The van der Waals surface area contributed by atoms with Crippen molar-refractivity contribution < 1.29 is 31.2 Å². The lowest BCUT2D eigenvalue weighted by molar-refractivity contribution is -0.118. The first-order chi connectivity index (χ1) is 19.6. The Bertz CT molecular complexity index is 1330. The van der Waals surface area contributed by atoms with E-state index in [0.717, 1.165) is 51.8 Å². The minimum atomic E-state index is -4.75. The standard InChI is InChI=1S/C26H31F5N8O2/c27-23(28)22-20(13-39(36-22)18-3-1-16(2-4-18)12-37-9-7-33-8-10-37)38(15-26(29,30)31)21-11-17(5-6-34-21)25-35-19(14-41-25)24(32)40/h5-6,11,13-14,16,18,23,33H,1-4,7-10,12,15H2,(H2,32,40). The van der Waals surface area contributed by atoms with Gasteiger partial charge < -0.3 is 25.3 Å². The van der Waals surface area contributed by atoms with Gasteiger partial charge in [-0.2, -0.15) is 18.3 Å². The molecule has 1 saturated heterocycles. The van der Waals surface area contributed by atoms with Crippen molar-refractivity contribution in [3.05, 3.63) is 42.2 Å². The van der Waals surface area contributed by atoms with Gasteiger partial charge in [-0.3, -0.25) is 9.48 Å².